The minimum absolute atomic E-state index is 0.854. The molecule has 0 atom stereocenters. The number of hydrogen-bond donors (Lipinski definition) is 0. The first-order valence-corrected chi connectivity index (χ1v) is 21.1. The van der Waals surface area contributed by atoms with Crippen molar-refractivity contribution in [1.29, 1.82) is 0 Å². The number of nitrogens with zero attached hydrogens (tertiary/aromatic N) is 2. The van der Waals surface area contributed by atoms with Gasteiger partial charge in [0.1, 0.15) is 22.3 Å². The first-order chi connectivity index (χ1) is 30.7. The number of aromatic nitrogens is 1. The summed E-state index contributed by atoms with van der Waals surface area (Å²) in [6.45, 7) is 0. The summed E-state index contributed by atoms with van der Waals surface area (Å²) in [4.78, 5) is 2.38. The molecule has 0 aliphatic heterocycles. The van der Waals surface area contributed by atoms with Crippen molar-refractivity contribution in [3.05, 3.63) is 218 Å². The molecule has 4 nitrogen and oxygen atoms in total. The maximum Gasteiger partial charge on any atom is 0.145 e. The van der Waals surface area contributed by atoms with Gasteiger partial charge in [0.25, 0.3) is 0 Å². The minimum Gasteiger partial charge on any atom is -0.456 e. The number of para-hydroxylation sites is 4. The van der Waals surface area contributed by atoms with E-state index < -0.39 is 0 Å². The van der Waals surface area contributed by atoms with E-state index in [4.69, 9.17) is 8.83 Å². The fourth-order valence-corrected chi connectivity index (χ4v) is 9.76. The lowest BCUT2D eigenvalue weighted by atomic mass is 9.98. The van der Waals surface area contributed by atoms with Crippen LogP contribution >= 0.6 is 0 Å². The quantitative estimate of drug-likeness (QED) is 0.168. The van der Waals surface area contributed by atoms with E-state index in [0.29, 0.717) is 0 Å². The summed E-state index contributed by atoms with van der Waals surface area (Å²) in [5, 5.41) is 9.27. The van der Waals surface area contributed by atoms with Gasteiger partial charge in [-0.25, -0.2) is 0 Å². The average molecular weight is 793 g/mol. The Balaban J connectivity index is 0.982. The summed E-state index contributed by atoms with van der Waals surface area (Å²) in [7, 11) is 0. The Hall–Kier alpha value is -8.34. The third-order valence-electron chi connectivity index (χ3n) is 12.6. The molecule has 290 valence electrons. The van der Waals surface area contributed by atoms with Crippen LogP contribution in [0.4, 0.5) is 17.1 Å². The van der Waals surface area contributed by atoms with Gasteiger partial charge in [-0.2, -0.15) is 0 Å². The fraction of sp³-hybridized carbons (Fsp3) is 0. The van der Waals surface area contributed by atoms with Crippen molar-refractivity contribution in [2.45, 2.75) is 0 Å². The molecule has 0 aliphatic rings. The van der Waals surface area contributed by atoms with E-state index in [-0.39, 0.29) is 0 Å². The van der Waals surface area contributed by atoms with Crippen LogP contribution in [-0.2, 0) is 0 Å². The van der Waals surface area contributed by atoms with Crippen LogP contribution in [0.3, 0.4) is 0 Å². The van der Waals surface area contributed by atoms with E-state index in [0.717, 1.165) is 88.9 Å². The van der Waals surface area contributed by atoms with Crippen molar-refractivity contribution >= 4 is 93.5 Å². The molecule has 0 saturated carbocycles. The molecule has 0 aliphatic carbocycles. The zero-order chi connectivity index (χ0) is 40.7. The van der Waals surface area contributed by atoms with Gasteiger partial charge in [0, 0.05) is 49.6 Å². The summed E-state index contributed by atoms with van der Waals surface area (Å²) in [6, 6.07) is 77.9. The molecule has 0 saturated heterocycles. The molecule has 3 heterocycles. The predicted octanol–water partition coefficient (Wildman–Crippen LogP) is 16.5. The van der Waals surface area contributed by atoms with Crippen LogP contribution in [0.15, 0.2) is 227 Å². The van der Waals surface area contributed by atoms with Gasteiger partial charge in [-0.05, 0) is 106 Å². The topological polar surface area (TPSA) is 34.5 Å². The Labute approximate surface area is 356 Å². The zero-order valence-electron chi connectivity index (χ0n) is 33.5. The Morgan fingerprint density at radius 3 is 1.66 bits per heavy atom. The van der Waals surface area contributed by atoms with E-state index in [1.54, 1.807) is 0 Å². The SMILES string of the molecule is c1ccc2cc(N(c3ccc(-c4cccc5oc6ccccc6c45)cc3)c3ccc(-c4ccc(-n5c6ccccc6c6ccccc65)cc4)c4oc5ccccc5c34)ccc2c1. The van der Waals surface area contributed by atoms with Gasteiger partial charge in [0.15, 0.2) is 0 Å². The number of rotatable bonds is 6. The molecule has 0 amide bonds. The summed E-state index contributed by atoms with van der Waals surface area (Å²) < 4.78 is 15.5. The van der Waals surface area contributed by atoms with Crippen molar-refractivity contribution in [3.8, 4) is 27.9 Å². The number of anilines is 3. The predicted molar refractivity (Wildman–Crippen MR) is 258 cm³/mol. The lowest BCUT2D eigenvalue weighted by Crippen LogP contribution is -2.10. The highest BCUT2D eigenvalue weighted by Crippen LogP contribution is 2.47. The van der Waals surface area contributed by atoms with Gasteiger partial charge in [-0.15, -0.1) is 0 Å². The first kappa shape index (κ1) is 34.5. The third-order valence-corrected chi connectivity index (χ3v) is 12.6. The molecule has 0 spiro atoms. The van der Waals surface area contributed by atoms with Crippen LogP contribution in [-0.4, -0.2) is 4.57 Å². The highest BCUT2D eigenvalue weighted by molar-refractivity contribution is 6.18. The Morgan fingerprint density at radius 2 is 0.919 bits per heavy atom. The van der Waals surface area contributed by atoms with Crippen molar-refractivity contribution in [3.63, 3.8) is 0 Å². The number of benzene rings is 10. The van der Waals surface area contributed by atoms with Gasteiger partial charge < -0.3 is 18.3 Å². The fourth-order valence-electron chi connectivity index (χ4n) is 9.76. The van der Waals surface area contributed by atoms with Crippen LogP contribution in [0.25, 0.3) is 104 Å². The molecule has 0 unspecified atom stereocenters. The Bertz CT molecular complexity index is 3810. The molecular formula is C58H36N2O2. The van der Waals surface area contributed by atoms with Crippen LogP contribution < -0.4 is 4.90 Å². The smallest absolute Gasteiger partial charge is 0.145 e. The van der Waals surface area contributed by atoms with Crippen molar-refractivity contribution in [2.75, 3.05) is 4.90 Å². The van der Waals surface area contributed by atoms with Crippen molar-refractivity contribution in [1.82, 2.24) is 4.57 Å². The molecule has 0 radical (unpaired) electrons. The number of hydrogen-bond acceptors (Lipinski definition) is 3. The lowest BCUT2D eigenvalue weighted by molar-refractivity contribution is 0.669. The largest absolute Gasteiger partial charge is 0.456 e. The lowest BCUT2D eigenvalue weighted by Gasteiger charge is -2.27. The van der Waals surface area contributed by atoms with Crippen LogP contribution in [0, 0.1) is 0 Å². The monoisotopic (exact) mass is 792 g/mol. The van der Waals surface area contributed by atoms with Gasteiger partial charge in [-0.3, -0.25) is 0 Å². The van der Waals surface area contributed by atoms with Crippen LogP contribution in [0.1, 0.15) is 0 Å². The zero-order valence-corrected chi connectivity index (χ0v) is 33.5. The Morgan fingerprint density at radius 1 is 0.355 bits per heavy atom. The minimum atomic E-state index is 0.854. The van der Waals surface area contributed by atoms with Crippen molar-refractivity contribution in [2.24, 2.45) is 0 Å². The standard InChI is InChI=1S/C58H36N2O2/c1-2-13-40-36-43(33-24-37(40)12-1)59(41-29-25-38(26-30-41)44-18-11-23-55-56(44)48-16-5-9-21-53(48)61-55)52-35-34-45(58-57(52)49-17-6-10-22-54(49)62-58)39-27-31-42(32-28-39)60-50-19-7-3-14-46(50)47-15-4-8-20-51(47)60/h1-36H. The molecule has 4 heteroatoms. The molecule has 62 heavy (non-hydrogen) atoms. The summed E-state index contributed by atoms with van der Waals surface area (Å²) >= 11 is 0. The Kier molecular flexibility index (Phi) is 7.57. The van der Waals surface area contributed by atoms with Crippen LogP contribution in [0.5, 0.6) is 0 Å². The molecule has 10 aromatic carbocycles. The van der Waals surface area contributed by atoms with E-state index in [2.05, 4.69) is 210 Å². The highest BCUT2D eigenvalue weighted by atomic mass is 16.3. The second-order valence-electron chi connectivity index (χ2n) is 16.0. The maximum atomic E-state index is 6.89. The summed E-state index contributed by atoms with van der Waals surface area (Å²) in [5.41, 5.74) is 14.6. The van der Waals surface area contributed by atoms with Crippen LogP contribution in [0.2, 0.25) is 0 Å². The number of furan rings is 2. The highest BCUT2D eigenvalue weighted by Gasteiger charge is 2.23. The molecule has 13 rings (SSSR count). The van der Waals surface area contributed by atoms with E-state index in [9.17, 15) is 0 Å². The molecule has 0 bridgehead atoms. The molecular weight excluding hydrogens is 757 g/mol. The first-order valence-electron chi connectivity index (χ1n) is 21.1. The van der Waals surface area contributed by atoms with Crippen molar-refractivity contribution < 1.29 is 8.83 Å². The second-order valence-corrected chi connectivity index (χ2v) is 16.0. The molecule has 3 aromatic heterocycles. The number of fused-ring (bicyclic) bond motifs is 10. The second kappa shape index (κ2) is 13.6. The van der Waals surface area contributed by atoms with E-state index >= 15 is 0 Å². The molecule has 0 N–H and O–H groups in total. The van der Waals surface area contributed by atoms with Gasteiger partial charge in [0.05, 0.1) is 22.1 Å². The molecule has 0 fully saturated rings. The molecule has 13 aromatic rings. The van der Waals surface area contributed by atoms with E-state index in [1.165, 1.54) is 32.6 Å². The van der Waals surface area contributed by atoms with E-state index in [1.807, 2.05) is 18.2 Å². The summed E-state index contributed by atoms with van der Waals surface area (Å²) in [6.07, 6.45) is 0. The average Bonchev–Trinajstić information content (AvgIpc) is 4.02. The van der Waals surface area contributed by atoms with Gasteiger partial charge in [0.2, 0.25) is 0 Å². The normalized spacial score (nSPS) is 11.9. The maximum absolute atomic E-state index is 6.89. The summed E-state index contributed by atoms with van der Waals surface area (Å²) in [5.74, 6) is 0. The third kappa shape index (κ3) is 5.27. The van der Waals surface area contributed by atoms with Gasteiger partial charge >= 0.3 is 0 Å². The van der Waals surface area contributed by atoms with Gasteiger partial charge in [-0.1, -0.05) is 140 Å².